The first-order valence-corrected chi connectivity index (χ1v) is 11.5. The van der Waals surface area contributed by atoms with Gasteiger partial charge in [-0.3, -0.25) is 4.79 Å². The highest BCUT2D eigenvalue weighted by atomic mass is 35.5. The molecular formula is C21H32ClNO4S. The summed E-state index contributed by atoms with van der Waals surface area (Å²) < 4.78 is 16.9. The first-order chi connectivity index (χ1) is 13.5. The summed E-state index contributed by atoms with van der Waals surface area (Å²) >= 11 is 7.87. The monoisotopic (exact) mass is 429 g/mol. The Kier molecular flexibility index (Phi) is 10.4. The van der Waals surface area contributed by atoms with Crippen LogP contribution in [0.2, 0.25) is 5.02 Å². The largest absolute Gasteiger partial charge is 0.473 e. The van der Waals surface area contributed by atoms with Crippen LogP contribution in [-0.4, -0.2) is 42.1 Å². The standard InChI is InChI=1S/C21H32ClNO4S/c1-4-6-7-16(5-2)14-26-21(24)15(3)28-18-8-11-23-20(19(18)22)27-17-9-12-25-13-10-17/h8,11,15-17H,4-7,9-10,12-14H2,1-3H3. The number of carbonyl (C=O) groups excluding carboxylic acids is 1. The lowest BCUT2D eigenvalue weighted by atomic mass is 10.0. The van der Waals surface area contributed by atoms with Gasteiger partial charge in [0.15, 0.2) is 0 Å². The Balaban J connectivity index is 1.89. The van der Waals surface area contributed by atoms with Crippen LogP contribution in [-0.2, 0) is 14.3 Å². The third-order valence-electron chi connectivity index (χ3n) is 4.91. The van der Waals surface area contributed by atoms with Crippen molar-refractivity contribution in [1.82, 2.24) is 4.98 Å². The zero-order chi connectivity index (χ0) is 20.4. The summed E-state index contributed by atoms with van der Waals surface area (Å²) in [5.74, 6) is 0.648. The van der Waals surface area contributed by atoms with Crippen LogP contribution in [0.4, 0.5) is 0 Å². The van der Waals surface area contributed by atoms with Crippen molar-refractivity contribution < 1.29 is 19.0 Å². The third-order valence-corrected chi connectivity index (χ3v) is 6.53. The van der Waals surface area contributed by atoms with E-state index in [4.69, 9.17) is 25.8 Å². The molecule has 1 saturated heterocycles. The smallest absolute Gasteiger partial charge is 0.319 e. The van der Waals surface area contributed by atoms with Gasteiger partial charge in [-0.25, -0.2) is 4.98 Å². The average Bonchev–Trinajstić information content (AvgIpc) is 2.71. The predicted octanol–water partition coefficient (Wildman–Crippen LogP) is 5.53. The molecular weight excluding hydrogens is 398 g/mol. The summed E-state index contributed by atoms with van der Waals surface area (Å²) in [6.07, 6.45) is 7.85. The SMILES string of the molecule is CCCCC(CC)COC(=O)C(C)Sc1ccnc(OC2CCOCC2)c1Cl. The highest BCUT2D eigenvalue weighted by molar-refractivity contribution is 8.00. The summed E-state index contributed by atoms with van der Waals surface area (Å²) in [5, 5.41) is 0.104. The molecule has 0 aliphatic carbocycles. The number of aromatic nitrogens is 1. The average molecular weight is 430 g/mol. The fraction of sp³-hybridized carbons (Fsp3) is 0.714. The molecule has 158 valence electrons. The molecule has 2 unspecified atom stereocenters. The van der Waals surface area contributed by atoms with Gasteiger partial charge < -0.3 is 14.2 Å². The summed E-state index contributed by atoms with van der Waals surface area (Å²) in [4.78, 5) is 17.4. The molecule has 0 radical (unpaired) electrons. The number of esters is 1. The number of hydrogen-bond acceptors (Lipinski definition) is 6. The third kappa shape index (κ3) is 7.45. The van der Waals surface area contributed by atoms with E-state index in [9.17, 15) is 4.79 Å². The minimum Gasteiger partial charge on any atom is -0.473 e. The topological polar surface area (TPSA) is 57.7 Å². The molecule has 0 aromatic carbocycles. The van der Waals surface area contributed by atoms with Crippen LogP contribution >= 0.6 is 23.4 Å². The Labute approximate surface area is 177 Å². The van der Waals surface area contributed by atoms with Crippen LogP contribution in [0.5, 0.6) is 5.88 Å². The predicted molar refractivity (Wildman–Crippen MR) is 113 cm³/mol. The van der Waals surface area contributed by atoms with Gasteiger partial charge in [-0.15, -0.1) is 11.8 Å². The molecule has 1 fully saturated rings. The van der Waals surface area contributed by atoms with E-state index in [2.05, 4.69) is 18.8 Å². The minimum atomic E-state index is -0.348. The number of unbranched alkanes of at least 4 members (excludes halogenated alkanes) is 1. The van der Waals surface area contributed by atoms with E-state index in [1.54, 1.807) is 6.20 Å². The Morgan fingerprint density at radius 3 is 2.82 bits per heavy atom. The fourth-order valence-electron chi connectivity index (χ4n) is 2.99. The van der Waals surface area contributed by atoms with E-state index >= 15 is 0 Å². The van der Waals surface area contributed by atoms with Crippen molar-refractivity contribution in [1.29, 1.82) is 0 Å². The van der Waals surface area contributed by atoms with Gasteiger partial charge in [0.1, 0.15) is 16.4 Å². The summed E-state index contributed by atoms with van der Waals surface area (Å²) in [6, 6.07) is 1.81. The van der Waals surface area contributed by atoms with Crippen LogP contribution in [0.1, 0.15) is 59.3 Å². The number of nitrogens with zero attached hydrogens (tertiary/aromatic N) is 1. The van der Waals surface area contributed by atoms with E-state index in [-0.39, 0.29) is 17.3 Å². The molecule has 2 atom stereocenters. The quantitative estimate of drug-likeness (QED) is 0.340. The second-order valence-corrected chi connectivity index (χ2v) is 8.93. The van der Waals surface area contributed by atoms with Crippen molar-refractivity contribution in [3.05, 3.63) is 17.3 Å². The molecule has 1 aliphatic rings. The molecule has 0 spiro atoms. The highest BCUT2D eigenvalue weighted by Gasteiger charge is 2.22. The number of rotatable bonds is 11. The fourth-order valence-corrected chi connectivity index (χ4v) is 4.15. The second kappa shape index (κ2) is 12.6. The molecule has 1 aliphatic heterocycles. The van der Waals surface area contributed by atoms with Crippen molar-refractivity contribution >= 4 is 29.3 Å². The summed E-state index contributed by atoms with van der Waals surface area (Å²) in [5.41, 5.74) is 0. The molecule has 0 saturated carbocycles. The molecule has 2 heterocycles. The van der Waals surface area contributed by atoms with E-state index in [1.807, 2.05) is 13.0 Å². The molecule has 7 heteroatoms. The zero-order valence-corrected chi connectivity index (χ0v) is 18.7. The minimum absolute atomic E-state index is 0.0653. The van der Waals surface area contributed by atoms with Crippen molar-refractivity contribution in [2.24, 2.45) is 5.92 Å². The van der Waals surface area contributed by atoms with E-state index in [0.717, 1.165) is 37.0 Å². The zero-order valence-electron chi connectivity index (χ0n) is 17.1. The van der Waals surface area contributed by atoms with E-state index in [1.165, 1.54) is 18.2 Å². The molecule has 5 nitrogen and oxygen atoms in total. The van der Waals surface area contributed by atoms with Crippen molar-refractivity contribution in [3.8, 4) is 5.88 Å². The maximum Gasteiger partial charge on any atom is 0.319 e. The van der Waals surface area contributed by atoms with Crippen LogP contribution in [0.15, 0.2) is 17.2 Å². The van der Waals surface area contributed by atoms with Crippen LogP contribution in [0.3, 0.4) is 0 Å². The van der Waals surface area contributed by atoms with Gasteiger partial charge in [0, 0.05) is 23.9 Å². The number of hydrogen-bond donors (Lipinski definition) is 0. The molecule has 1 aromatic heterocycles. The first-order valence-electron chi connectivity index (χ1n) is 10.3. The molecule has 0 amide bonds. The van der Waals surface area contributed by atoms with Crippen molar-refractivity contribution in [2.45, 2.75) is 75.5 Å². The summed E-state index contributed by atoms with van der Waals surface area (Å²) in [6.45, 7) is 8.03. The van der Waals surface area contributed by atoms with Crippen molar-refractivity contribution in [3.63, 3.8) is 0 Å². The van der Waals surface area contributed by atoms with Gasteiger partial charge in [0.2, 0.25) is 5.88 Å². The Morgan fingerprint density at radius 1 is 1.39 bits per heavy atom. The normalized spacial score (nSPS) is 17.1. The van der Waals surface area contributed by atoms with E-state index < -0.39 is 0 Å². The van der Waals surface area contributed by atoms with Gasteiger partial charge in [-0.2, -0.15) is 0 Å². The summed E-state index contributed by atoms with van der Waals surface area (Å²) in [7, 11) is 0. The molecule has 1 aromatic rings. The number of halogens is 1. The Bertz CT molecular complexity index is 610. The lowest BCUT2D eigenvalue weighted by molar-refractivity contribution is -0.144. The maximum atomic E-state index is 12.4. The molecule has 0 bridgehead atoms. The van der Waals surface area contributed by atoms with Gasteiger partial charge in [-0.05, 0) is 25.3 Å². The van der Waals surface area contributed by atoms with Gasteiger partial charge in [0.25, 0.3) is 0 Å². The van der Waals surface area contributed by atoms with Crippen molar-refractivity contribution in [2.75, 3.05) is 19.8 Å². The van der Waals surface area contributed by atoms with Gasteiger partial charge in [0.05, 0.1) is 19.8 Å². The van der Waals surface area contributed by atoms with Gasteiger partial charge in [-0.1, -0.05) is 44.7 Å². The lowest BCUT2D eigenvalue weighted by Crippen LogP contribution is -2.26. The number of thioether (sulfide) groups is 1. The molecule has 2 rings (SSSR count). The Morgan fingerprint density at radius 2 is 2.14 bits per heavy atom. The first kappa shape index (κ1) is 23.3. The van der Waals surface area contributed by atoms with Crippen LogP contribution in [0, 0.1) is 5.92 Å². The number of ether oxygens (including phenoxy) is 3. The molecule has 0 N–H and O–H groups in total. The van der Waals surface area contributed by atoms with E-state index in [0.29, 0.717) is 36.6 Å². The van der Waals surface area contributed by atoms with Crippen LogP contribution in [0.25, 0.3) is 0 Å². The number of pyridine rings is 1. The van der Waals surface area contributed by atoms with Crippen LogP contribution < -0.4 is 4.74 Å². The molecule has 28 heavy (non-hydrogen) atoms. The second-order valence-electron chi connectivity index (χ2n) is 7.16. The van der Waals surface area contributed by atoms with Gasteiger partial charge >= 0.3 is 5.97 Å². The lowest BCUT2D eigenvalue weighted by Gasteiger charge is -2.23. The maximum absolute atomic E-state index is 12.4. The highest BCUT2D eigenvalue weighted by Crippen LogP contribution is 2.36. The Hall–Kier alpha value is -0.980. The number of carbonyl (C=O) groups is 1.